The molecule has 1 aromatic heterocycles. The Balaban J connectivity index is 1.88. The van der Waals surface area contributed by atoms with Gasteiger partial charge in [-0.1, -0.05) is 32.0 Å². The maximum Gasteiger partial charge on any atom is 0.0454 e. The number of aryl methyl sites for hydroxylation is 1. The van der Waals surface area contributed by atoms with Crippen molar-refractivity contribution in [2.24, 2.45) is 0 Å². The molecule has 1 aromatic carbocycles. The van der Waals surface area contributed by atoms with Crippen molar-refractivity contribution in [1.29, 1.82) is 0 Å². The van der Waals surface area contributed by atoms with Crippen LogP contribution in [0.5, 0.6) is 0 Å². The van der Waals surface area contributed by atoms with Gasteiger partial charge in [0.2, 0.25) is 0 Å². The molecule has 2 aromatic rings. The van der Waals surface area contributed by atoms with Gasteiger partial charge in [0.25, 0.3) is 0 Å². The van der Waals surface area contributed by atoms with Crippen LogP contribution in [0.1, 0.15) is 31.2 Å². The van der Waals surface area contributed by atoms with Gasteiger partial charge in [-0.05, 0) is 43.7 Å². The number of likely N-dealkylation sites (N-methyl/N-ethyl adjacent to an activating group) is 1. The number of aromatic nitrogens is 1. The molecule has 0 radical (unpaired) electrons. The average molecular weight is 309 g/mol. The Kier molecular flexibility index (Phi) is 4.67. The lowest BCUT2D eigenvalue weighted by Crippen LogP contribution is -2.44. The molecule has 0 saturated carbocycles. The first kappa shape index (κ1) is 16.0. The van der Waals surface area contributed by atoms with E-state index in [-0.39, 0.29) is 0 Å². The minimum Gasteiger partial charge on any atom is -0.369 e. The van der Waals surface area contributed by atoms with Crippen LogP contribution in [0.3, 0.4) is 0 Å². The molecule has 0 amide bonds. The summed E-state index contributed by atoms with van der Waals surface area (Å²) < 4.78 is 0. The summed E-state index contributed by atoms with van der Waals surface area (Å²) in [7, 11) is 2.19. The van der Waals surface area contributed by atoms with Crippen molar-refractivity contribution in [2.75, 3.05) is 38.1 Å². The first-order valence-corrected chi connectivity index (χ1v) is 8.56. The van der Waals surface area contributed by atoms with E-state index >= 15 is 0 Å². The molecule has 122 valence electrons. The molecule has 1 fully saturated rings. The Morgan fingerprint density at radius 1 is 1.00 bits per heavy atom. The highest BCUT2D eigenvalue weighted by Crippen LogP contribution is 2.28. The monoisotopic (exact) mass is 309 g/mol. The van der Waals surface area contributed by atoms with Crippen molar-refractivity contribution in [1.82, 2.24) is 9.88 Å². The number of rotatable bonds is 3. The van der Waals surface area contributed by atoms with E-state index in [2.05, 4.69) is 74.0 Å². The third-order valence-corrected chi connectivity index (χ3v) is 4.72. The van der Waals surface area contributed by atoms with Gasteiger partial charge in [0.05, 0.1) is 0 Å². The molecular weight excluding hydrogens is 282 g/mol. The molecule has 3 heteroatoms. The minimum atomic E-state index is 0.472. The molecule has 0 unspecified atom stereocenters. The maximum absolute atomic E-state index is 4.78. The zero-order valence-corrected chi connectivity index (χ0v) is 14.7. The van der Waals surface area contributed by atoms with Gasteiger partial charge in [-0.2, -0.15) is 0 Å². The predicted octanol–water partition coefficient (Wildman–Crippen LogP) is 3.93. The summed E-state index contributed by atoms with van der Waals surface area (Å²) in [6.45, 7) is 11.0. The van der Waals surface area contributed by atoms with Crippen LogP contribution in [-0.4, -0.2) is 43.1 Å². The summed E-state index contributed by atoms with van der Waals surface area (Å²) in [4.78, 5) is 9.65. The van der Waals surface area contributed by atoms with Crippen LogP contribution in [0.2, 0.25) is 0 Å². The largest absolute Gasteiger partial charge is 0.369 e. The van der Waals surface area contributed by atoms with Gasteiger partial charge in [-0.15, -0.1) is 0 Å². The third kappa shape index (κ3) is 3.56. The lowest BCUT2D eigenvalue weighted by atomic mass is 10.0. The van der Waals surface area contributed by atoms with Crippen LogP contribution < -0.4 is 4.90 Å². The zero-order chi connectivity index (χ0) is 16.4. The summed E-state index contributed by atoms with van der Waals surface area (Å²) in [5.74, 6) is 0.472. The summed E-state index contributed by atoms with van der Waals surface area (Å²) in [6.07, 6.45) is 0. The molecule has 3 rings (SSSR count). The lowest BCUT2D eigenvalue weighted by Gasteiger charge is -2.34. The second kappa shape index (κ2) is 6.71. The average Bonchev–Trinajstić information content (AvgIpc) is 2.55. The van der Waals surface area contributed by atoms with Gasteiger partial charge >= 0.3 is 0 Å². The van der Waals surface area contributed by atoms with Gasteiger partial charge in [0.15, 0.2) is 0 Å². The number of hydrogen-bond donors (Lipinski definition) is 0. The first-order valence-electron chi connectivity index (χ1n) is 8.56. The Bertz CT molecular complexity index is 670. The first-order chi connectivity index (χ1) is 11.0. The Morgan fingerprint density at radius 3 is 2.39 bits per heavy atom. The molecule has 0 aliphatic carbocycles. The van der Waals surface area contributed by atoms with Crippen molar-refractivity contribution >= 4 is 5.69 Å². The van der Waals surface area contributed by atoms with Crippen LogP contribution in [0.4, 0.5) is 5.69 Å². The molecule has 23 heavy (non-hydrogen) atoms. The van der Waals surface area contributed by atoms with E-state index in [0.29, 0.717) is 5.92 Å². The molecule has 0 bridgehead atoms. The molecule has 1 saturated heterocycles. The van der Waals surface area contributed by atoms with Crippen LogP contribution in [0.25, 0.3) is 11.1 Å². The lowest BCUT2D eigenvalue weighted by molar-refractivity contribution is 0.313. The van der Waals surface area contributed by atoms with Crippen LogP contribution in [0, 0.1) is 6.92 Å². The second-order valence-electron chi connectivity index (χ2n) is 6.86. The topological polar surface area (TPSA) is 19.4 Å². The standard InChI is InChI=1S/C20H27N3/c1-15(2)20-9-8-19(16(3)21-20)17-6-5-7-18(14-17)23-12-10-22(4)11-13-23/h5-9,14-15H,10-13H2,1-4H3. The fraction of sp³-hybridized carbons (Fsp3) is 0.450. The summed E-state index contributed by atoms with van der Waals surface area (Å²) >= 11 is 0. The molecule has 2 heterocycles. The van der Waals surface area contributed by atoms with E-state index < -0.39 is 0 Å². The molecule has 0 N–H and O–H groups in total. The quantitative estimate of drug-likeness (QED) is 0.856. The number of hydrogen-bond acceptors (Lipinski definition) is 3. The number of benzene rings is 1. The highest BCUT2D eigenvalue weighted by atomic mass is 15.2. The van der Waals surface area contributed by atoms with E-state index in [9.17, 15) is 0 Å². The fourth-order valence-corrected chi connectivity index (χ4v) is 3.14. The Morgan fingerprint density at radius 2 is 1.74 bits per heavy atom. The van der Waals surface area contributed by atoms with Gasteiger partial charge in [-0.3, -0.25) is 4.98 Å². The summed E-state index contributed by atoms with van der Waals surface area (Å²) in [5, 5.41) is 0. The van der Waals surface area contributed by atoms with E-state index in [1.807, 2.05) is 0 Å². The Labute approximate surface area is 140 Å². The third-order valence-electron chi connectivity index (χ3n) is 4.72. The zero-order valence-electron chi connectivity index (χ0n) is 14.7. The van der Waals surface area contributed by atoms with Gasteiger partial charge in [0.1, 0.15) is 0 Å². The number of pyridine rings is 1. The van der Waals surface area contributed by atoms with Crippen LogP contribution in [0.15, 0.2) is 36.4 Å². The molecule has 1 aliphatic heterocycles. The van der Waals surface area contributed by atoms with Crippen molar-refractivity contribution in [3.8, 4) is 11.1 Å². The van der Waals surface area contributed by atoms with Crippen LogP contribution in [-0.2, 0) is 0 Å². The van der Waals surface area contributed by atoms with Crippen molar-refractivity contribution in [3.05, 3.63) is 47.8 Å². The van der Waals surface area contributed by atoms with Crippen LogP contribution >= 0.6 is 0 Å². The summed E-state index contributed by atoms with van der Waals surface area (Å²) in [6, 6.07) is 13.3. The summed E-state index contributed by atoms with van der Waals surface area (Å²) in [5.41, 5.74) is 6.11. The van der Waals surface area contributed by atoms with E-state index in [1.54, 1.807) is 0 Å². The minimum absolute atomic E-state index is 0.472. The maximum atomic E-state index is 4.78. The van der Waals surface area contributed by atoms with Crippen molar-refractivity contribution in [3.63, 3.8) is 0 Å². The number of nitrogens with zero attached hydrogens (tertiary/aromatic N) is 3. The highest BCUT2D eigenvalue weighted by molar-refractivity contribution is 5.70. The fourth-order valence-electron chi connectivity index (χ4n) is 3.14. The van der Waals surface area contributed by atoms with Gasteiger partial charge in [0, 0.05) is 48.8 Å². The van der Waals surface area contributed by atoms with E-state index in [1.165, 1.54) is 22.5 Å². The molecular formula is C20H27N3. The van der Waals surface area contributed by atoms with E-state index in [4.69, 9.17) is 4.98 Å². The smallest absolute Gasteiger partial charge is 0.0454 e. The normalized spacial score (nSPS) is 16.1. The van der Waals surface area contributed by atoms with Gasteiger partial charge in [-0.25, -0.2) is 0 Å². The SMILES string of the molecule is Cc1nc(C(C)C)ccc1-c1cccc(N2CCN(C)CC2)c1. The van der Waals surface area contributed by atoms with Gasteiger partial charge < -0.3 is 9.80 Å². The number of piperazine rings is 1. The molecule has 0 spiro atoms. The number of anilines is 1. The predicted molar refractivity (Wildman–Crippen MR) is 98.2 cm³/mol. The second-order valence-corrected chi connectivity index (χ2v) is 6.86. The molecule has 3 nitrogen and oxygen atoms in total. The molecule has 0 atom stereocenters. The molecule has 1 aliphatic rings. The highest BCUT2D eigenvalue weighted by Gasteiger charge is 2.15. The van der Waals surface area contributed by atoms with E-state index in [0.717, 1.165) is 31.9 Å². The Hall–Kier alpha value is -1.87. The van der Waals surface area contributed by atoms with Crippen molar-refractivity contribution < 1.29 is 0 Å². The van der Waals surface area contributed by atoms with Crippen molar-refractivity contribution in [2.45, 2.75) is 26.7 Å².